The molecule has 0 aromatic heterocycles. The van der Waals surface area contributed by atoms with E-state index in [0.717, 1.165) is 30.7 Å². The molecule has 1 spiro atoms. The molecule has 0 atom stereocenters. The van der Waals surface area contributed by atoms with Crippen molar-refractivity contribution in [1.82, 2.24) is 9.80 Å². The van der Waals surface area contributed by atoms with Gasteiger partial charge in [0.25, 0.3) is 11.8 Å². The fourth-order valence-electron chi connectivity index (χ4n) is 4.10. The number of hydrogen-bond donors (Lipinski definition) is 0. The molecule has 2 aromatic carbocycles. The smallest absolute Gasteiger partial charge is 0.257 e. The average molecular weight is 397 g/mol. The second kappa shape index (κ2) is 7.87. The summed E-state index contributed by atoms with van der Waals surface area (Å²) in [6.07, 6.45) is 1.58. The number of ether oxygens (including phenoxy) is 1. The van der Waals surface area contributed by atoms with Crippen LogP contribution in [0.4, 0.5) is 0 Å². The summed E-state index contributed by atoms with van der Waals surface area (Å²) in [7, 11) is 1.58. The van der Waals surface area contributed by atoms with Gasteiger partial charge in [0.1, 0.15) is 5.75 Å². The Labute approximate surface area is 169 Å². The third-order valence-electron chi connectivity index (χ3n) is 5.61. The number of likely N-dealkylation sites (tertiary alicyclic amines) is 1. The maximum atomic E-state index is 13.1. The maximum absolute atomic E-state index is 13.1. The van der Waals surface area contributed by atoms with E-state index in [1.54, 1.807) is 13.2 Å². The van der Waals surface area contributed by atoms with E-state index < -0.39 is 0 Å². The van der Waals surface area contributed by atoms with Crippen LogP contribution < -0.4 is 4.74 Å². The topological polar surface area (TPSA) is 49.9 Å². The van der Waals surface area contributed by atoms with Crippen LogP contribution in [-0.2, 0) is 0 Å². The van der Waals surface area contributed by atoms with Gasteiger partial charge >= 0.3 is 0 Å². The molecule has 28 heavy (non-hydrogen) atoms. The van der Waals surface area contributed by atoms with Crippen LogP contribution >= 0.6 is 11.8 Å². The first-order chi connectivity index (χ1) is 13.6. The number of thioether (sulfide) groups is 1. The predicted octanol–water partition coefficient (Wildman–Crippen LogP) is 3.52. The van der Waals surface area contributed by atoms with Gasteiger partial charge in [0.15, 0.2) is 0 Å². The number of benzene rings is 2. The largest absolute Gasteiger partial charge is 0.496 e. The highest BCUT2D eigenvalue weighted by Gasteiger charge is 2.47. The summed E-state index contributed by atoms with van der Waals surface area (Å²) >= 11 is 1.86. The molecule has 146 valence electrons. The van der Waals surface area contributed by atoms with Crippen molar-refractivity contribution in [3.05, 3.63) is 65.7 Å². The lowest BCUT2D eigenvalue weighted by molar-refractivity contribution is 0.0496. The molecule has 2 amide bonds. The third kappa shape index (κ3) is 3.37. The van der Waals surface area contributed by atoms with Crippen molar-refractivity contribution in [2.45, 2.75) is 17.7 Å². The zero-order valence-corrected chi connectivity index (χ0v) is 16.8. The molecular formula is C22H24N2O3S. The molecule has 2 aromatic rings. The van der Waals surface area contributed by atoms with Crippen LogP contribution in [0, 0.1) is 0 Å². The van der Waals surface area contributed by atoms with E-state index >= 15 is 0 Å². The molecular weight excluding hydrogens is 372 g/mol. The molecule has 0 saturated carbocycles. The van der Waals surface area contributed by atoms with Crippen molar-refractivity contribution < 1.29 is 14.3 Å². The van der Waals surface area contributed by atoms with Crippen LogP contribution in [-0.4, -0.2) is 59.0 Å². The van der Waals surface area contributed by atoms with Gasteiger partial charge in [-0.1, -0.05) is 30.3 Å². The Bertz CT molecular complexity index is 863. The van der Waals surface area contributed by atoms with Crippen LogP contribution in [0.25, 0.3) is 0 Å². The lowest BCUT2D eigenvalue weighted by Gasteiger charge is -2.44. The van der Waals surface area contributed by atoms with Gasteiger partial charge in [0, 0.05) is 31.0 Å². The molecule has 0 aliphatic carbocycles. The summed E-state index contributed by atoms with van der Waals surface area (Å²) in [6, 6.07) is 16.8. The van der Waals surface area contributed by atoms with Crippen molar-refractivity contribution in [1.29, 1.82) is 0 Å². The monoisotopic (exact) mass is 396 g/mol. The van der Waals surface area contributed by atoms with Crippen molar-refractivity contribution in [2.75, 3.05) is 32.5 Å². The Hall–Kier alpha value is -2.47. The second-order valence-corrected chi connectivity index (χ2v) is 8.57. The highest BCUT2D eigenvalue weighted by atomic mass is 32.2. The van der Waals surface area contributed by atoms with Crippen LogP contribution in [0.5, 0.6) is 5.75 Å². The molecule has 2 aliphatic heterocycles. The Kier molecular flexibility index (Phi) is 5.31. The van der Waals surface area contributed by atoms with Gasteiger partial charge in [-0.25, -0.2) is 0 Å². The number of carbonyl (C=O) groups excluding carboxylic acids is 2. The highest BCUT2D eigenvalue weighted by Crippen LogP contribution is 2.44. The number of methoxy groups -OCH3 is 1. The second-order valence-electron chi connectivity index (χ2n) is 7.11. The first kappa shape index (κ1) is 18.9. The summed E-state index contributed by atoms with van der Waals surface area (Å²) < 4.78 is 5.34. The van der Waals surface area contributed by atoms with E-state index in [1.807, 2.05) is 70.1 Å². The molecule has 2 heterocycles. The quantitative estimate of drug-likeness (QED) is 0.797. The molecule has 2 saturated heterocycles. The summed E-state index contributed by atoms with van der Waals surface area (Å²) in [5.41, 5.74) is 1.33. The standard InChI is InChI=1S/C22H24N2O3S/c1-27-19-10-6-5-9-18(19)21(26)23-13-11-22(12-14-23)24(15-16-28-22)20(25)17-7-3-2-4-8-17/h2-10H,11-16H2,1H3. The first-order valence-electron chi connectivity index (χ1n) is 9.58. The predicted molar refractivity (Wildman–Crippen MR) is 111 cm³/mol. The number of hydrogen-bond acceptors (Lipinski definition) is 4. The van der Waals surface area contributed by atoms with Gasteiger partial charge in [-0.05, 0) is 37.1 Å². The molecule has 4 rings (SSSR count). The zero-order chi connectivity index (χ0) is 19.6. The van der Waals surface area contributed by atoms with Crippen LogP contribution in [0.1, 0.15) is 33.6 Å². The van der Waals surface area contributed by atoms with Crippen molar-refractivity contribution >= 4 is 23.6 Å². The minimum Gasteiger partial charge on any atom is -0.496 e. The molecule has 0 N–H and O–H groups in total. The summed E-state index contributed by atoms with van der Waals surface area (Å²) in [5, 5.41) is 0. The number of rotatable bonds is 3. The van der Waals surface area contributed by atoms with Gasteiger partial charge in [-0.15, -0.1) is 11.8 Å². The van der Waals surface area contributed by atoms with Crippen molar-refractivity contribution in [3.63, 3.8) is 0 Å². The van der Waals surface area contributed by atoms with Gasteiger partial charge in [-0.2, -0.15) is 0 Å². The molecule has 2 fully saturated rings. The van der Waals surface area contributed by atoms with Crippen molar-refractivity contribution in [3.8, 4) is 5.75 Å². The lowest BCUT2D eigenvalue weighted by Crippen LogP contribution is -2.53. The third-order valence-corrected chi connectivity index (χ3v) is 7.17. The fourth-order valence-corrected chi connectivity index (χ4v) is 5.55. The average Bonchev–Trinajstić information content (AvgIpc) is 3.16. The minimum atomic E-state index is -0.204. The van der Waals surface area contributed by atoms with Crippen molar-refractivity contribution in [2.24, 2.45) is 0 Å². The molecule has 5 nitrogen and oxygen atoms in total. The Morgan fingerprint density at radius 1 is 0.929 bits per heavy atom. The highest BCUT2D eigenvalue weighted by molar-refractivity contribution is 8.00. The number of nitrogens with zero attached hydrogens (tertiary/aromatic N) is 2. The van der Waals surface area contributed by atoms with E-state index in [0.29, 0.717) is 24.4 Å². The summed E-state index contributed by atoms with van der Waals surface area (Å²) in [4.78, 5) is 29.7. The zero-order valence-electron chi connectivity index (χ0n) is 16.0. The van der Waals surface area contributed by atoms with Gasteiger partial charge in [-0.3, -0.25) is 9.59 Å². The van der Waals surface area contributed by atoms with Gasteiger partial charge in [0.2, 0.25) is 0 Å². The summed E-state index contributed by atoms with van der Waals surface area (Å²) in [5.74, 6) is 1.63. The van der Waals surface area contributed by atoms with Crippen LogP contribution in [0.2, 0.25) is 0 Å². The Morgan fingerprint density at radius 2 is 1.61 bits per heavy atom. The fraction of sp³-hybridized carbons (Fsp3) is 0.364. The lowest BCUT2D eigenvalue weighted by atomic mass is 10.00. The van der Waals surface area contributed by atoms with E-state index in [4.69, 9.17) is 4.74 Å². The van der Waals surface area contributed by atoms with E-state index in [-0.39, 0.29) is 16.7 Å². The van der Waals surface area contributed by atoms with E-state index in [1.165, 1.54) is 0 Å². The van der Waals surface area contributed by atoms with Crippen LogP contribution in [0.15, 0.2) is 54.6 Å². The maximum Gasteiger partial charge on any atom is 0.257 e. The minimum absolute atomic E-state index is 0.00349. The molecule has 6 heteroatoms. The van der Waals surface area contributed by atoms with Gasteiger partial charge in [0.05, 0.1) is 17.5 Å². The Balaban J connectivity index is 1.48. The summed E-state index contributed by atoms with van der Waals surface area (Å²) in [6.45, 7) is 2.05. The first-order valence-corrected chi connectivity index (χ1v) is 10.6. The molecule has 0 radical (unpaired) electrons. The normalized spacial score (nSPS) is 18.3. The number of amides is 2. The number of para-hydroxylation sites is 1. The molecule has 0 bridgehead atoms. The SMILES string of the molecule is COc1ccccc1C(=O)N1CCC2(CC1)SCCN2C(=O)c1ccccc1. The number of carbonyl (C=O) groups is 2. The Morgan fingerprint density at radius 3 is 2.32 bits per heavy atom. The number of piperidine rings is 1. The molecule has 0 unspecified atom stereocenters. The molecule has 2 aliphatic rings. The van der Waals surface area contributed by atoms with E-state index in [9.17, 15) is 9.59 Å². The van der Waals surface area contributed by atoms with Crippen LogP contribution in [0.3, 0.4) is 0 Å². The van der Waals surface area contributed by atoms with E-state index in [2.05, 4.69) is 0 Å². The van der Waals surface area contributed by atoms with Gasteiger partial charge < -0.3 is 14.5 Å².